The zero-order chi connectivity index (χ0) is 16.6. The molecule has 2 aromatic heterocycles. The van der Waals surface area contributed by atoms with E-state index in [0.717, 1.165) is 29.7 Å². The zero-order valence-corrected chi connectivity index (χ0v) is 14.6. The summed E-state index contributed by atoms with van der Waals surface area (Å²) in [5, 5.41) is 15.3. The third kappa shape index (κ3) is 3.35. The molecule has 1 amide bonds. The van der Waals surface area contributed by atoms with Gasteiger partial charge in [-0.15, -0.1) is 11.3 Å². The fraction of sp³-hybridized carbons (Fsp3) is 0.500. The van der Waals surface area contributed by atoms with Gasteiger partial charge in [0.1, 0.15) is 5.76 Å². The van der Waals surface area contributed by atoms with Crippen LogP contribution in [0.25, 0.3) is 0 Å². The van der Waals surface area contributed by atoms with E-state index in [4.69, 9.17) is 4.42 Å². The van der Waals surface area contributed by atoms with Crippen molar-refractivity contribution in [3.63, 3.8) is 0 Å². The van der Waals surface area contributed by atoms with Crippen LogP contribution in [0, 0.1) is 12.3 Å². The second-order valence-electron chi connectivity index (χ2n) is 7.04. The SMILES string of the molecule is Cc1c(C(=O)NCCc2cccs2)oc2c1C(O)CC(C)(C)C2. The third-order valence-corrected chi connectivity index (χ3v) is 5.37. The van der Waals surface area contributed by atoms with Crippen LogP contribution in [0.3, 0.4) is 0 Å². The van der Waals surface area contributed by atoms with Gasteiger partial charge in [-0.05, 0) is 36.6 Å². The molecule has 0 aromatic carbocycles. The molecule has 3 rings (SSSR count). The first kappa shape index (κ1) is 16.3. The minimum absolute atomic E-state index is 0.0103. The molecule has 2 aromatic rings. The van der Waals surface area contributed by atoms with Gasteiger partial charge in [-0.2, -0.15) is 0 Å². The summed E-state index contributed by atoms with van der Waals surface area (Å²) in [4.78, 5) is 13.6. The molecule has 2 N–H and O–H groups in total. The van der Waals surface area contributed by atoms with Gasteiger partial charge < -0.3 is 14.8 Å². The van der Waals surface area contributed by atoms with Crippen LogP contribution in [0.2, 0.25) is 0 Å². The predicted octanol–water partition coefficient (Wildman–Crippen LogP) is 3.63. The molecule has 0 saturated carbocycles. The standard InChI is InChI=1S/C18H23NO3S/c1-11-15-13(20)9-18(2,3)10-14(15)22-16(11)17(21)19-7-6-12-5-4-8-23-12/h4-5,8,13,20H,6-7,9-10H2,1-3H3,(H,19,21). The Kier molecular flexibility index (Phi) is 4.34. The molecular weight excluding hydrogens is 310 g/mol. The number of nitrogens with one attached hydrogen (secondary N) is 1. The molecule has 4 nitrogen and oxygen atoms in total. The molecule has 0 bridgehead atoms. The lowest BCUT2D eigenvalue weighted by Crippen LogP contribution is -2.26. The number of rotatable bonds is 4. The number of hydrogen-bond donors (Lipinski definition) is 2. The van der Waals surface area contributed by atoms with Crippen LogP contribution in [-0.4, -0.2) is 17.6 Å². The second-order valence-corrected chi connectivity index (χ2v) is 8.07. The molecule has 1 unspecified atom stereocenters. The maximum Gasteiger partial charge on any atom is 0.287 e. The van der Waals surface area contributed by atoms with Crippen molar-refractivity contribution in [3.05, 3.63) is 45.0 Å². The highest BCUT2D eigenvalue weighted by Gasteiger charge is 2.37. The predicted molar refractivity (Wildman–Crippen MR) is 90.9 cm³/mol. The maximum absolute atomic E-state index is 12.4. The van der Waals surface area contributed by atoms with Gasteiger partial charge in [-0.3, -0.25) is 4.79 Å². The molecule has 0 saturated heterocycles. The number of aliphatic hydroxyl groups excluding tert-OH is 1. The fourth-order valence-electron chi connectivity index (χ4n) is 3.34. The van der Waals surface area contributed by atoms with Crippen molar-refractivity contribution in [1.82, 2.24) is 5.32 Å². The van der Waals surface area contributed by atoms with Gasteiger partial charge >= 0.3 is 0 Å². The number of carbonyl (C=O) groups excluding carboxylic acids is 1. The van der Waals surface area contributed by atoms with Crippen molar-refractivity contribution >= 4 is 17.2 Å². The van der Waals surface area contributed by atoms with E-state index in [9.17, 15) is 9.90 Å². The lowest BCUT2D eigenvalue weighted by molar-refractivity contribution is 0.0885. The van der Waals surface area contributed by atoms with Gasteiger partial charge in [0, 0.05) is 29.0 Å². The Bertz CT molecular complexity index is 700. The first-order chi connectivity index (χ1) is 10.9. The fourth-order valence-corrected chi connectivity index (χ4v) is 4.05. The van der Waals surface area contributed by atoms with Crippen molar-refractivity contribution < 1.29 is 14.3 Å². The normalized spacial score (nSPS) is 19.4. The summed E-state index contributed by atoms with van der Waals surface area (Å²) in [6.07, 6.45) is 1.71. The van der Waals surface area contributed by atoms with Gasteiger partial charge in [0.05, 0.1) is 6.10 Å². The molecule has 1 atom stereocenters. The molecule has 5 heteroatoms. The lowest BCUT2D eigenvalue weighted by atomic mass is 9.75. The van der Waals surface area contributed by atoms with E-state index in [-0.39, 0.29) is 11.3 Å². The molecule has 1 aliphatic rings. The van der Waals surface area contributed by atoms with E-state index in [1.165, 1.54) is 4.88 Å². The molecule has 2 heterocycles. The summed E-state index contributed by atoms with van der Waals surface area (Å²) in [6.45, 7) is 6.66. The van der Waals surface area contributed by atoms with Crippen LogP contribution in [-0.2, 0) is 12.8 Å². The minimum atomic E-state index is -0.551. The maximum atomic E-state index is 12.4. The van der Waals surface area contributed by atoms with E-state index in [1.54, 1.807) is 11.3 Å². The molecule has 0 aliphatic heterocycles. The Balaban J connectivity index is 1.72. The highest BCUT2D eigenvalue weighted by Crippen LogP contribution is 2.43. The van der Waals surface area contributed by atoms with Crippen molar-refractivity contribution in [2.24, 2.45) is 5.41 Å². The van der Waals surface area contributed by atoms with E-state index >= 15 is 0 Å². The second kappa shape index (κ2) is 6.13. The van der Waals surface area contributed by atoms with E-state index in [0.29, 0.717) is 18.7 Å². The van der Waals surface area contributed by atoms with Gasteiger partial charge in [0.25, 0.3) is 5.91 Å². The van der Waals surface area contributed by atoms with Crippen LogP contribution in [0.4, 0.5) is 0 Å². The van der Waals surface area contributed by atoms with Gasteiger partial charge in [0.2, 0.25) is 0 Å². The number of carbonyl (C=O) groups is 1. The highest BCUT2D eigenvalue weighted by molar-refractivity contribution is 7.09. The number of amides is 1. The number of thiophene rings is 1. The highest BCUT2D eigenvalue weighted by atomic mass is 32.1. The molecular formula is C18H23NO3S. The number of hydrogen-bond acceptors (Lipinski definition) is 4. The monoisotopic (exact) mass is 333 g/mol. The third-order valence-electron chi connectivity index (χ3n) is 4.43. The van der Waals surface area contributed by atoms with Crippen molar-refractivity contribution in [3.8, 4) is 0 Å². The zero-order valence-electron chi connectivity index (χ0n) is 13.8. The first-order valence-electron chi connectivity index (χ1n) is 7.98. The summed E-state index contributed by atoms with van der Waals surface area (Å²) in [5.41, 5.74) is 1.58. The van der Waals surface area contributed by atoms with Crippen molar-refractivity contribution in [1.29, 1.82) is 0 Å². The number of fused-ring (bicyclic) bond motifs is 1. The Labute approximate surface area is 140 Å². The summed E-state index contributed by atoms with van der Waals surface area (Å²) >= 11 is 1.69. The Morgan fingerprint density at radius 2 is 2.30 bits per heavy atom. The van der Waals surface area contributed by atoms with Crippen LogP contribution < -0.4 is 5.32 Å². The summed E-state index contributed by atoms with van der Waals surface area (Å²) in [7, 11) is 0. The van der Waals surface area contributed by atoms with Crippen LogP contribution in [0.1, 0.15) is 58.7 Å². The van der Waals surface area contributed by atoms with Crippen molar-refractivity contribution in [2.45, 2.75) is 46.1 Å². The van der Waals surface area contributed by atoms with Crippen LogP contribution in [0.15, 0.2) is 21.9 Å². The van der Waals surface area contributed by atoms with Crippen LogP contribution in [0.5, 0.6) is 0 Å². The Morgan fingerprint density at radius 3 is 3.00 bits per heavy atom. The minimum Gasteiger partial charge on any atom is -0.455 e. The van der Waals surface area contributed by atoms with Crippen LogP contribution >= 0.6 is 11.3 Å². The summed E-state index contributed by atoms with van der Waals surface area (Å²) in [5.74, 6) is 0.908. The van der Waals surface area contributed by atoms with Gasteiger partial charge in [-0.1, -0.05) is 19.9 Å². The summed E-state index contributed by atoms with van der Waals surface area (Å²) in [6, 6.07) is 4.07. The molecule has 23 heavy (non-hydrogen) atoms. The lowest BCUT2D eigenvalue weighted by Gasteiger charge is -2.31. The molecule has 1 aliphatic carbocycles. The molecule has 0 spiro atoms. The quantitative estimate of drug-likeness (QED) is 0.898. The first-order valence-corrected chi connectivity index (χ1v) is 8.86. The Morgan fingerprint density at radius 1 is 1.52 bits per heavy atom. The molecule has 0 fully saturated rings. The Hall–Kier alpha value is -1.59. The number of aliphatic hydroxyl groups is 1. The smallest absolute Gasteiger partial charge is 0.287 e. The summed E-state index contributed by atoms with van der Waals surface area (Å²) < 4.78 is 5.82. The van der Waals surface area contributed by atoms with E-state index < -0.39 is 6.10 Å². The average molecular weight is 333 g/mol. The topological polar surface area (TPSA) is 62.5 Å². The average Bonchev–Trinajstić information content (AvgIpc) is 3.05. The molecule has 124 valence electrons. The number of furan rings is 1. The van der Waals surface area contributed by atoms with Crippen molar-refractivity contribution in [2.75, 3.05) is 6.54 Å². The van der Waals surface area contributed by atoms with Gasteiger partial charge in [0.15, 0.2) is 5.76 Å². The largest absolute Gasteiger partial charge is 0.455 e. The van der Waals surface area contributed by atoms with E-state index in [1.807, 2.05) is 18.4 Å². The van der Waals surface area contributed by atoms with Gasteiger partial charge in [-0.25, -0.2) is 0 Å². The van der Waals surface area contributed by atoms with E-state index in [2.05, 4.69) is 25.2 Å². The molecule has 0 radical (unpaired) electrons.